The van der Waals surface area contributed by atoms with Crippen LogP contribution in [0.4, 0.5) is 0 Å². The highest BCUT2D eigenvalue weighted by molar-refractivity contribution is 7.10. The molecule has 0 aliphatic rings. The number of aryl methyl sites for hydroxylation is 1. The third kappa shape index (κ3) is 5.07. The normalized spacial score (nSPS) is 13.3. The van der Waals surface area contributed by atoms with E-state index in [1.54, 1.807) is 17.5 Å². The van der Waals surface area contributed by atoms with Crippen molar-refractivity contribution in [2.24, 2.45) is 12.0 Å². The fraction of sp³-hybridized carbons (Fsp3) is 0.500. The zero-order chi connectivity index (χ0) is 16.7. The van der Waals surface area contributed by atoms with Crippen LogP contribution in [0.25, 0.3) is 0 Å². The standard InChI is InChI=1S/C16H26N6S/c1-5-17-16(18-11-13-8-9-20-22(13)4)19-12-14(21(2)3)15-7-6-10-23-15/h6-10,14H,5,11-12H2,1-4H3,(H2,17,18,19). The fourth-order valence-corrected chi connectivity index (χ4v) is 3.19. The topological polar surface area (TPSA) is 57.5 Å². The average molecular weight is 334 g/mol. The lowest BCUT2D eigenvalue weighted by molar-refractivity contribution is 0.302. The molecule has 0 radical (unpaired) electrons. The third-order valence-corrected chi connectivity index (χ3v) is 4.60. The molecule has 0 aromatic carbocycles. The molecule has 0 saturated heterocycles. The quantitative estimate of drug-likeness (QED) is 0.599. The first-order valence-corrected chi connectivity index (χ1v) is 8.68. The second-order valence-corrected chi connectivity index (χ2v) is 6.50. The van der Waals surface area contributed by atoms with Crippen molar-refractivity contribution in [1.29, 1.82) is 0 Å². The summed E-state index contributed by atoms with van der Waals surface area (Å²) in [5, 5.41) is 13.0. The molecule has 23 heavy (non-hydrogen) atoms. The lowest BCUT2D eigenvalue weighted by Crippen LogP contribution is -2.41. The predicted octanol–water partition coefficient (Wildman–Crippen LogP) is 1.84. The van der Waals surface area contributed by atoms with Crippen molar-refractivity contribution in [3.05, 3.63) is 40.3 Å². The van der Waals surface area contributed by atoms with Gasteiger partial charge in [-0.05, 0) is 38.5 Å². The first kappa shape index (κ1) is 17.5. The number of hydrogen-bond acceptors (Lipinski definition) is 4. The second-order valence-electron chi connectivity index (χ2n) is 5.52. The zero-order valence-electron chi connectivity index (χ0n) is 14.3. The lowest BCUT2D eigenvalue weighted by atomic mass is 10.2. The molecule has 0 aliphatic carbocycles. The van der Waals surface area contributed by atoms with Gasteiger partial charge in [-0.1, -0.05) is 6.07 Å². The largest absolute Gasteiger partial charge is 0.357 e. The highest BCUT2D eigenvalue weighted by Gasteiger charge is 2.15. The van der Waals surface area contributed by atoms with Crippen molar-refractivity contribution in [2.75, 3.05) is 27.2 Å². The molecule has 1 atom stereocenters. The van der Waals surface area contributed by atoms with Gasteiger partial charge in [-0.2, -0.15) is 5.10 Å². The van der Waals surface area contributed by atoms with Crippen LogP contribution in [0.15, 0.2) is 34.8 Å². The number of thiophene rings is 1. The van der Waals surface area contributed by atoms with E-state index in [1.807, 2.05) is 17.8 Å². The Morgan fingerprint density at radius 1 is 1.39 bits per heavy atom. The van der Waals surface area contributed by atoms with Crippen LogP contribution in [-0.4, -0.2) is 47.8 Å². The summed E-state index contributed by atoms with van der Waals surface area (Å²) >= 11 is 1.78. The van der Waals surface area contributed by atoms with E-state index < -0.39 is 0 Å². The van der Waals surface area contributed by atoms with Gasteiger partial charge in [0.15, 0.2) is 5.96 Å². The van der Waals surface area contributed by atoms with Crippen LogP contribution < -0.4 is 10.6 Å². The number of aliphatic imine (C=N–C) groups is 1. The molecular formula is C16H26N6S. The van der Waals surface area contributed by atoms with Crippen molar-refractivity contribution >= 4 is 17.3 Å². The monoisotopic (exact) mass is 334 g/mol. The minimum absolute atomic E-state index is 0.329. The molecule has 0 fully saturated rings. The van der Waals surface area contributed by atoms with Gasteiger partial charge in [0.05, 0.1) is 18.3 Å². The Hall–Kier alpha value is -1.86. The van der Waals surface area contributed by atoms with Crippen LogP contribution in [0, 0.1) is 0 Å². The summed E-state index contributed by atoms with van der Waals surface area (Å²) in [6.45, 7) is 4.33. The van der Waals surface area contributed by atoms with Crippen molar-refractivity contribution < 1.29 is 0 Å². The van der Waals surface area contributed by atoms with Crippen molar-refractivity contribution in [3.63, 3.8) is 0 Å². The molecule has 126 valence electrons. The SMILES string of the molecule is CCNC(=NCc1ccnn1C)NCC(c1cccs1)N(C)C. The number of nitrogens with one attached hydrogen (secondary N) is 2. The van der Waals surface area contributed by atoms with E-state index >= 15 is 0 Å². The summed E-state index contributed by atoms with van der Waals surface area (Å²) in [5.41, 5.74) is 1.09. The van der Waals surface area contributed by atoms with E-state index in [1.165, 1.54) is 4.88 Å². The Kier molecular flexibility index (Phi) is 6.61. The van der Waals surface area contributed by atoms with Crippen molar-refractivity contribution in [1.82, 2.24) is 25.3 Å². The number of hydrogen-bond donors (Lipinski definition) is 2. The van der Waals surface area contributed by atoms with E-state index in [4.69, 9.17) is 0 Å². The maximum Gasteiger partial charge on any atom is 0.191 e. The maximum absolute atomic E-state index is 4.65. The molecule has 1 unspecified atom stereocenters. The summed E-state index contributed by atoms with van der Waals surface area (Å²) in [4.78, 5) is 8.23. The summed E-state index contributed by atoms with van der Waals surface area (Å²) in [6, 6.07) is 6.59. The highest BCUT2D eigenvalue weighted by atomic mass is 32.1. The fourth-order valence-electron chi connectivity index (χ4n) is 2.27. The Balaban J connectivity index is 1.99. The average Bonchev–Trinajstić information content (AvgIpc) is 3.16. The summed E-state index contributed by atoms with van der Waals surface area (Å²) in [6.07, 6.45) is 1.80. The van der Waals surface area contributed by atoms with Gasteiger partial charge in [0.25, 0.3) is 0 Å². The smallest absolute Gasteiger partial charge is 0.191 e. The molecule has 2 N–H and O–H groups in total. The highest BCUT2D eigenvalue weighted by Crippen LogP contribution is 2.22. The van der Waals surface area contributed by atoms with Gasteiger partial charge in [-0.25, -0.2) is 4.99 Å². The van der Waals surface area contributed by atoms with Gasteiger partial charge < -0.3 is 15.5 Å². The van der Waals surface area contributed by atoms with Crippen molar-refractivity contribution in [3.8, 4) is 0 Å². The number of rotatable bonds is 7. The molecule has 0 amide bonds. The van der Waals surface area contributed by atoms with Crippen LogP contribution in [0.3, 0.4) is 0 Å². The molecule has 6 nitrogen and oxygen atoms in total. The van der Waals surface area contributed by atoms with Crippen LogP contribution >= 0.6 is 11.3 Å². The minimum Gasteiger partial charge on any atom is -0.357 e. The Morgan fingerprint density at radius 2 is 2.22 bits per heavy atom. The second kappa shape index (κ2) is 8.69. The van der Waals surface area contributed by atoms with Gasteiger partial charge in [0, 0.05) is 31.2 Å². The van der Waals surface area contributed by atoms with Crippen LogP contribution in [0.5, 0.6) is 0 Å². The van der Waals surface area contributed by atoms with Gasteiger partial charge in [0.1, 0.15) is 0 Å². The minimum atomic E-state index is 0.329. The first-order chi connectivity index (χ1) is 11.1. The van der Waals surface area contributed by atoms with Crippen LogP contribution in [0.1, 0.15) is 23.5 Å². The lowest BCUT2D eigenvalue weighted by Gasteiger charge is -2.24. The molecule has 0 saturated carbocycles. The zero-order valence-corrected chi connectivity index (χ0v) is 15.1. The van der Waals surface area contributed by atoms with Gasteiger partial charge in [-0.3, -0.25) is 4.68 Å². The summed E-state index contributed by atoms with van der Waals surface area (Å²) in [5.74, 6) is 0.831. The van der Waals surface area contributed by atoms with Gasteiger partial charge in [-0.15, -0.1) is 11.3 Å². The number of guanidine groups is 1. The number of likely N-dealkylation sites (N-methyl/N-ethyl adjacent to an activating group) is 1. The van der Waals surface area contributed by atoms with Crippen LogP contribution in [0.2, 0.25) is 0 Å². The Labute approximate surface area is 142 Å². The van der Waals surface area contributed by atoms with E-state index in [0.717, 1.165) is 24.7 Å². The van der Waals surface area contributed by atoms with Gasteiger partial charge in [0.2, 0.25) is 0 Å². The van der Waals surface area contributed by atoms with E-state index in [2.05, 4.69) is 64.2 Å². The van der Waals surface area contributed by atoms with Gasteiger partial charge >= 0.3 is 0 Å². The molecule has 2 aromatic heterocycles. The Bertz CT molecular complexity index is 602. The molecule has 2 rings (SSSR count). The van der Waals surface area contributed by atoms with E-state index in [-0.39, 0.29) is 0 Å². The molecule has 2 heterocycles. The number of nitrogens with zero attached hydrogens (tertiary/aromatic N) is 4. The molecule has 0 bridgehead atoms. The van der Waals surface area contributed by atoms with E-state index in [9.17, 15) is 0 Å². The third-order valence-electron chi connectivity index (χ3n) is 3.62. The molecule has 0 spiro atoms. The molecule has 2 aromatic rings. The van der Waals surface area contributed by atoms with Crippen molar-refractivity contribution in [2.45, 2.75) is 19.5 Å². The molecular weight excluding hydrogens is 308 g/mol. The predicted molar refractivity (Wildman–Crippen MR) is 96.8 cm³/mol. The molecule has 7 heteroatoms. The first-order valence-electron chi connectivity index (χ1n) is 7.80. The van der Waals surface area contributed by atoms with E-state index in [0.29, 0.717) is 12.6 Å². The van der Waals surface area contributed by atoms with Crippen LogP contribution in [-0.2, 0) is 13.6 Å². The number of aromatic nitrogens is 2. The summed E-state index contributed by atoms with van der Waals surface area (Å²) in [7, 11) is 6.14. The molecule has 0 aliphatic heterocycles. The summed E-state index contributed by atoms with van der Waals surface area (Å²) < 4.78 is 1.85. The Morgan fingerprint density at radius 3 is 2.78 bits per heavy atom. The maximum atomic E-state index is 4.65.